The number of nitrogens with one attached hydrogen (secondary N) is 1. The number of hydrogen-bond donors (Lipinski definition) is 1. The number of likely N-dealkylation sites (tertiary alicyclic amines) is 1. The van der Waals surface area contributed by atoms with E-state index in [1.165, 1.54) is 31.2 Å². The highest BCUT2D eigenvalue weighted by Crippen LogP contribution is 2.34. The van der Waals surface area contributed by atoms with E-state index in [0.717, 1.165) is 66.6 Å². The zero-order chi connectivity index (χ0) is 21.4. The fraction of sp³-hybridized carbons (Fsp3) is 0.583. The number of aryl methyl sites for hydroxylation is 2. The molecule has 1 saturated heterocycles. The van der Waals surface area contributed by atoms with E-state index in [1.807, 2.05) is 4.68 Å². The summed E-state index contributed by atoms with van der Waals surface area (Å²) in [5, 5.41) is 14.0. The van der Waals surface area contributed by atoms with Crippen LogP contribution in [0.25, 0.3) is 10.9 Å². The van der Waals surface area contributed by atoms with Gasteiger partial charge in [0.2, 0.25) is 0 Å². The first kappa shape index (κ1) is 20.4. The fourth-order valence-electron chi connectivity index (χ4n) is 5.39. The molecule has 0 spiro atoms. The van der Waals surface area contributed by atoms with Crippen molar-refractivity contribution in [2.24, 2.45) is 0 Å². The number of tetrazole rings is 1. The maximum Gasteiger partial charge on any atom is 0.253 e. The molecule has 0 bridgehead atoms. The standard InChI is InChI=1S/C24H32N6O/c1-16-11-12-18-15-20(24(31)25-21(18)17(16)2)22(29-13-7-3-4-8-14-29)23-26-27-28-30(23)19-9-5-6-10-19/h11-12,15,19,22H,3-10,13-14H2,1-2H3,(H,25,31)/t22-/m1/s1. The zero-order valence-electron chi connectivity index (χ0n) is 18.6. The Morgan fingerprint density at radius 3 is 2.52 bits per heavy atom. The Hall–Kier alpha value is -2.54. The summed E-state index contributed by atoms with van der Waals surface area (Å²) in [7, 11) is 0. The van der Waals surface area contributed by atoms with E-state index >= 15 is 0 Å². The van der Waals surface area contributed by atoms with Crippen molar-refractivity contribution in [3.05, 3.63) is 51.1 Å². The zero-order valence-corrected chi connectivity index (χ0v) is 18.6. The minimum Gasteiger partial charge on any atom is -0.321 e. The van der Waals surface area contributed by atoms with Crippen molar-refractivity contribution in [3.8, 4) is 0 Å². The minimum atomic E-state index is -0.219. The summed E-state index contributed by atoms with van der Waals surface area (Å²) in [5.41, 5.74) is 3.97. The molecule has 164 valence electrons. The van der Waals surface area contributed by atoms with Gasteiger partial charge in [0.15, 0.2) is 5.82 Å². The van der Waals surface area contributed by atoms with E-state index in [-0.39, 0.29) is 11.6 Å². The highest BCUT2D eigenvalue weighted by Gasteiger charge is 2.33. The number of aromatic nitrogens is 5. The van der Waals surface area contributed by atoms with Gasteiger partial charge in [0, 0.05) is 5.56 Å². The Labute approximate surface area is 182 Å². The normalized spacial score (nSPS) is 19.7. The summed E-state index contributed by atoms with van der Waals surface area (Å²) < 4.78 is 2.02. The molecular weight excluding hydrogens is 388 g/mol. The first-order valence-corrected chi connectivity index (χ1v) is 11.8. The number of fused-ring (bicyclic) bond motifs is 1. The molecule has 0 amide bonds. The van der Waals surface area contributed by atoms with E-state index in [4.69, 9.17) is 0 Å². The average Bonchev–Trinajstić information content (AvgIpc) is 3.39. The third kappa shape index (κ3) is 3.80. The average molecular weight is 421 g/mol. The Morgan fingerprint density at radius 1 is 1.03 bits per heavy atom. The molecule has 2 aromatic heterocycles. The molecule has 3 heterocycles. The predicted molar refractivity (Wildman–Crippen MR) is 121 cm³/mol. The molecule has 0 unspecified atom stereocenters. The van der Waals surface area contributed by atoms with Crippen LogP contribution in [0.5, 0.6) is 0 Å². The van der Waals surface area contributed by atoms with Crippen molar-refractivity contribution < 1.29 is 0 Å². The lowest BCUT2D eigenvalue weighted by atomic mass is 10.00. The molecule has 2 fully saturated rings. The van der Waals surface area contributed by atoms with Gasteiger partial charge in [-0.25, -0.2) is 4.68 Å². The largest absolute Gasteiger partial charge is 0.321 e. The molecule has 31 heavy (non-hydrogen) atoms. The van der Waals surface area contributed by atoms with Crippen molar-refractivity contribution >= 4 is 10.9 Å². The first-order valence-electron chi connectivity index (χ1n) is 11.8. The highest BCUT2D eigenvalue weighted by molar-refractivity contribution is 5.83. The van der Waals surface area contributed by atoms with E-state index in [9.17, 15) is 4.79 Å². The van der Waals surface area contributed by atoms with Crippen LogP contribution in [0.15, 0.2) is 23.0 Å². The summed E-state index contributed by atoms with van der Waals surface area (Å²) in [6, 6.07) is 6.43. The maximum atomic E-state index is 13.4. The first-order chi connectivity index (χ1) is 15.1. The van der Waals surface area contributed by atoms with Gasteiger partial charge in [0.1, 0.15) is 6.04 Å². The van der Waals surface area contributed by atoms with Crippen LogP contribution in [0.1, 0.15) is 86.0 Å². The monoisotopic (exact) mass is 420 g/mol. The van der Waals surface area contributed by atoms with Gasteiger partial charge in [-0.15, -0.1) is 5.10 Å². The Kier molecular flexibility index (Phi) is 5.61. The van der Waals surface area contributed by atoms with E-state index in [0.29, 0.717) is 6.04 Å². The lowest BCUT2D eigenvalue weighted by Crippen LogP contribution is -2.36. The molecule has 3 aromatic rings. The third-order valence-electron chi connectivity index (χ3n) is 7.31. The van der Waals surface area contributed by atoms with Gasteiger partial charge < -0.3 is 4.98 Å². The molecule has 0 radical (unpaired) electrons. The summed E-state index contributed by atoms with van der Waals surface area (Å²) in [4.78, 5) is 19.1. The van der Waals surface area contributed by atoms with Gasteiger partial charge in [-0.1, -0.05) is 37.8 Å². The second-order valence-corrected chi connectivity index (χ2v) is 9.30. The lowest BCUT2D eigenvalue weighted by Gasteiger charge is -2.30. The topological polar surface area (TPSA) is 79.7 Å². The van der Waals surface area contributed by atoms with Gasteiger partial charge in [-0.05, 0) is 85.6 Å². The van der Waals surface area contributed by atoms with Gasteiger partial charge >= 0.3 is 0 Å². The molecular formula is C24H32N6O. The summed E-state index contributed by atoms with van der Waals surface area (Å²) >= 11 is 0. The second-order valence-electron chi connectivity index (χ2n) is 9.30. The summed E-state index contributed by atoms with van der Waals surface area (Å²) in [6.45, 7) is 6.08. The van der Waals surface area contributed by atoms with E-state index in [1.54, 1.807) is 0 Å². The third-order valence-corrected chi connectivity index (χ3v) is 7.31. The van der Waals surface area contributed by atoms with Gasteiger partial charge in [0.05, 0.1) is 11.6 Å². The van der Waals surface area contributed by atoms with Crippen LogP contribution in [0.2, 0.25) is 0 Å². The van der Waals surface area contributed by atoms with Gasteiger partial charge in [0.25, 0.3) is 5.56 Å². The van der Waals surface area contributed by atoms with Crippen molar-refractivity contribution in [2.45, 2.75) is 77.3 Å². The molecule has 1 atom stereocenters. The van der Waals surface area contributed by atoms with Crippen molar-refractivity contribution in [1.82, 2.24) is 30.1 Å². The fourth-order valence-corrected chi connectivity index (χ4v) is 5.39. The smallest absolute Gasteiger partial charge is 0.253 e. The van der Waals surface area contributed by atoms with Crippen molar-refractivity contribution in [1.29, 1.82) is 0 Å². The number of benzene rings is 1. The van der Waals surface area contributed by atoms with Crippen LogP contribution in [-0.2, 0) is 0 Å². The number of hydrogen-bond acceptors (Lipinski definition) is 5. The maximum absolute atomic E-state index is 13.4. The van der Waals surface area contributed by atoms with Crippen LogP contribution in [0.3, 0.4) is 0 Å². The molecule has 1 aromatic carbocycles. The van der Waals surface area contributed by atoms with Crippen LogP contribution in [-0.4, -0.2) is 43.2 Å². The minimum absolute atomic E-state index is 0.0311. The van der Waals surface area contributed by atoms with Crippen LogP contribution in [0, 0.1) is 13.8 Å². The molecule has 7 heteroatoms. The van der Waals surface area contributed by atoms with E-state index < -0.39 is 0 Å². The molecule has 5 rings (SSSR count). The lowest BCUT2D eigenvalue weighted by molar-refractivity contribution is 0.216. The predicted octanol–water partition coefficient (Wildman–Crippen LogP) is 4.21. The van der Waals surface area contributed by atoms with Gasteiger partial charge in [-0.3, -0.25) is 9.69 Å². The van der Waals surface area contributed by atoms with Crippen LogP contribution < -0.4 is 5.56 Å². The second kappa shape index (κ2) is 8.54. The molecule has 7 nitrogen and oxygen atoms in total. The molecule has 1 N–H and O–H groups in total. The summed E-state index contributed by atoms with van der Waals surface area (Å²) in [6.07, 6.45) is 9.42. The SMILES string of the molecule is Cc1ccc2cc([C@H](c3nnnn3C3CCCC3)N3CCCCCC3)c(=O)[nH]c2c1C. The Bertz CT molecular complexity index is 1120. The van der Waals surface area contributed by atoms with E-state index in [2.05, 4.69) is 57.5 Å². The number of rotatable bonds is 4. The molecule has 1 aliphatic heterocycles. The molecule has 1 aliphatic carbocycles. The number of pyridine rings is 1. The van der Waals surface area contributed by atoms with Crippen LogP contribution in [0.4, 0.5) is 0 Å². The van der Waals surface area contributed by atoms with Crippen molar-refractivity contribution in [2.75, 3.05) is 13.1 Å². The number of H-pyrrole nitrogens is 1. The van der Waals surface area contributed by atoms with Crippen molar-refractivity contribution in [3.63, 3.8) is 0 Å². The number of aromatic amines is 1. The molecule has 1 saturated carbocycles. The number of nitrogens with zero attached hydrogens (tertiary/aromatic N) is 5. The summed E-state index contributed by atoms with van der Waals surface area (Å²) in [5.74, 6) is 0.822. The quantitative estimate of drug-likeness (QED) is 0.684. The Balaban J connectivity index is 1.66. The van der Waals surface area contributed by atoms with Gasteiger partial charge in [-0.2, -0.15) is 0 Å². The van der Waals surface area contributed by atoms with Crippen LogP contribution >= 0.6 is 0 Å². The molecule has 2 aliphatic rings. The highest BCUT2D eigenvalue weighted by atomic mass is 16.1. The Morgan fingerprint density at radius 2 is 1.77 bits per heavy atom.